The third-order valence-electron chi connectivity index (χ3n) is 7.25. The molecule has 3 aromatic carbocycles. The predicted octanol–water partition coefficient (Wildman–Crippen LogP) is 6.37. The van der Waals surface area contributed by atoms with Crippen LogP contribution < -0.4 is 10.3 Å². The van der Waals surface area contributed by atoms with Crippen molar-refractivity contribution in [1.82, 2.24) is 14.5 Å². The number of benzene rings is 3. The fraction of sp³-hybridized carbons (Fsp3) is 0.364. The van der Waals surface area contributed by atoms with Crippen molar-refractivity contribution in [3.63, 3.8) is 0 Å². The highest BCUT2D eigenvalue weighted by Crippen LogP contribution is 2.26. The van der Waals surface area contributed by atoms with Crippen molar-refractivity contribution in [3.8, 4) is 11.4 Å². The van der Waals surface area contributed by atoms with Gasteiger partial charge in [0.2, 0.25) is 0 Å². The van der Waals surface area contributed by atoms with Crippen LogP contribution in [0.1, 0.15) is 67.3 Å². The molecule has 0 aliphatic heterocycles. The van der Waals surface area contributed by atoms with E-state index in [9.17, 15) is 9.59 Å². The maximum atomic E-state index is 14.0. The van der Waals surface area contributed by atoms with Crippen LogP contribution in [0.5, 0.6) is 5.75 Å². The lowest BCUT2D eigenvalue weighted by Gasteiger charge is -2.31. The summed E-state index contributed by atoms with van der Waals surface area (Å²) in [5.41, 5.74) is 2.92. The number of hydrogen-bond donors (Lipinski definition) is 0. The molecule has 40 heavy (non-hydrogen) atoms. The molecule has 1 aromatic heterocycles. The average Bonchev–Trinajstić information content (AvgIpc) is 2.99. The molecule has 1 atom stereocenters. The number of amides is 1. The first-order chi connectivity index (χ1) is 19.5. The lowest BCUT2D eigenvalue weighted by molar-refractivity contribution is 0.0657. The van der Waals surface area contributed by atoms with Crippen LogP contribution in [0.4, 0.5) is 0 Å². The lowest BCUT2D eigenvalue weighted by Crippen LogP contribution is -2.38. The second kappa shape index (κ2) is 13.9. The Hall–Kier alpha value is -3.97. The summed E-state index contributed by atoms with van der Waals surface area (Å²) in [4.78, 5) is 34.5. The molecule has 0 fully saturated rings. The van der Waals surface area contributed by atoms with Crippen molar-refractivity contribution in [2.24, 2.45) is 0 Å². The molecule has 210 valence electrons. The second-order valence-corrected chi connectivity index (χ2v) is 10.0. The van der Waals surface area contributed by atoms with Crippen molar-refractivity contribution in [3.05, 3.63) is 100 Å². The minimum absolute atomic E-state index is 0.104. The second-order valence-electron chi connectivity index (χ2n) is 10.0. The maximum Gasteiger partial charge on any atom is 0.266 e. The van der Waals surface area contributed by atoms with E-state index in [1.807, 2.05) is 73.7 Å². The van der Waals surface area contributed by atoms with Crippen LogP contribution in [0.3, 0.4) is 0 Å². The summed E-state index contributed by atoms with van der Waals surface area (Å²) in [6.07, 6.45) is 5.17. The number of aryl methyl sites for hydroxylation is 1. The van der Waals surface area contributed by atoms with Crippen molar-refractivity contribution >= 4 is 16.8 Å². The largest absolute Gasteiger partial charge is 0.497 e. The van der Waals surface area contributed by atoms with E-state index in [4.69, 9.17) is 14.5 Å². The zero-order valence-electron chi connectivity index (χ0n) is 23.9. The number of methoxy groups -OCH3 is 2. The summed E-state index contributed by atoms with van der Waals surface area (Å²) in [5, 5.41) is 0.519. The Morgan fingerprint density at radius 1 is 0.950 bits per heavy atom. The zero-order valence-corrected chi connectivity index (χ0v) is 23.9. The molecule has 1 unspecified atom stereocenters. The number of nitrogens with zero attached hydrogens (tertiary/aromatic N) is 3. The van der Waals surface area contributed by atoms with Gasteiger partial charge in [-0.1, -0.05) is 44.0 Å². The van der Waals surface area contributed by atoms with Gasteiger partial charge in [0.25, 0.3) is 11.5 Å². The van der Waals surface area contributed by atoms with Gasteiger partial charge in [-0.25, -0.2) is 4.98 Å². The molecule has 0 aliphatic rings. The Labute approximate surface area is 236 Å². The number of unbranched alkanes of at least 4 members (excludes halogenated alkanes) is 2. The normalized spacial score (nSPS) is 11.9. The minimum Gasteiger partial charge on any atom is -0.497 e. The summed E-state index contributed by atoms with van der Waals surface area (Å²) in [6, 6.07) is 22.0. The summed E-state index contributed by atoms with van der Waals surface area (Å²) >= 11 is 0. The SMILES string of the molecule is CCCCCc1ccc(C(=O)N(CCCOC)C(C)c2nc3ccccc3c(=O)n2-c2ccc(OC)cc2)cc1. The number of rotatable bonds is 13. The number of hydrogen-bond acceptors (Lipinski definition) is 5. The van der Waals surface area contributed by atoms with Gasteiger partial charge in [-0.05, 0) is 80.3 Å². The van der Waals surface area contributed by atoms with E-state index in [1.165, 1.54) is 18.4 Å². The van der Waals surface area contributed by atoms with Crippen LogP contribution in [0.15, 0.2) is 77.6 Å². The Kier molecular flexibility index (Phi) is 10.1. The number of ether oxygens (including phenoxy) is 2. The van der Waals surface area contributed by atoms with Gasteiger partial charge in [0.15, 0.2) is 0 Å². The lowest BCUT2D eigenvalue weighted by atomic mass is 10.0. The molecule has 4 aromatic rings. The number of fused-ring (bicyclic) bond motifs is 1. The van der Waals surface area contributed by atoms with Crippen molar-refractivity contribution in [2.75, 3.05) is 27.4 Å². The molecule has 1 amide bonds. The standard InChI is InChI=1S/C33H39N3O4/c1-5-6-7-11-25-14-16-26(17-15-25)32(37)35(22-10-23-39-3)24(2)31-34-30-13-9-8-12-29(30)33(38)36(31)27-18-20-28(40-4)21-19-27/h8-9,12-21,24H,5-7,10-11,22-23H2,1-4H3. The molecule has 4 rings (SSSR count). The first kappa shape index (κ1) is 29.0. The molecule has 0 saturated heterocycles. The van der Waals surface area contributed by atoms with Crippen molar-refractivity contribution in [1.29, 1.82) is 0 Å². The van der Waals surface area contributed by atoms with E-state index in [-0.39, 0.29) is 11.5 Å². The van der Waals surface area contributed by atoms with Gasteiger partial charge < -0.3 is 14.4 Å². The molecule has 0 saturated carbocycles. The average molecular weight is 542 g/mol. The summed E-state index contributed by atoms with van der Waals surface area (Å²) in [7, 11) is 3.26. The van der Waals surface area contributed by atoms with Crippen LogP contribution in [0.2, 0.25) is 0 Å². The Bertz CT molecular complexity index is 1460. The van der Waals surface area contributed by atoms with E-state index >= 15 is 0 Å². The van der Waals surface area contributed by atoms with Gasteiger partial charge in [0.05, 0.1) is 29.7 Å². The Balaban J connectivity index is 1.76. The van der Waals surface area contributed by atoms with Gasteiger partial charge in [-0.2, -0.15) is 0 Å². The van der Waals surface area contributed by atoms with Gasteiger partial charge in [0.1, 0.15) is 11.6 Å². The topological polar surface area (TPSA) is 73.7 Å². The summed E-state index contributed by atoms with van der Waals surface area (Å²) < 4.78 is 12.2. The fourth-order valence-electron chi connectivity index (χ4n) is 4.96. The molecular weight excluding hydrogens is 502 g/mol. The number of para-hydroxylation sites is 1. The summed E-state index contributed by atoms with van der Waals surface area (Å²) in [6.45, 7) is 5.10. The van der Waals surface area contributed by atoms with E-state index in [2.05, 4.69) is 6.92 Å². The molecular formula is C33H39N3O4. The third-order valence-corrected chi connectivity index (χ3v) is 7.25. The first-order valence-electron chi connectivity index (χ1n) is 14.0. The molecule has 7 heteroatoms. The fourth-order valence-corrected chi connectivity index (χ4v) is 4.96. The molecule has 0 N–H and O–H groups in total. The Morgan fingerprint density at radius 2 is 1.68 bits per heavy atom. The van der Waals surface area contributed by atoms with Gasteiger partial charge in [0, 0.05) is 25.8 Å². The van der Waals surface area contributed by atoms with Crippen molar-refractivity contribution in [2.45, 2.75) is 52.0 Å². The number of carbonyl (C=O) groups excluding carboxylic acids is 1. The number of carbonyl (C=O) groups is 1. The van der Waals surface area contributed by atoms with Crippen LogP contribution in [-0.2, 0) is 11.2 Å². The third kappa shape index (κ3) is 6.59. The Morgan fingerprint density at radius 3 is 2.35 bits per heavy atom. The van der Waals surface area contributed by atoms with E-state index in [0.29, 0.717) is 53.3 Å². The molecule has 0 bridgehead atoms. The molecule has 1 heterocycles. The van der Waals surface area contributed by atoms with Crippen LogP contribution >= 0.6 is 0 Å². The van der Waals surface area contributed by atoms with Gasteiger partial charge in [-0.3, -0.25) is 14.2 Å². The smallest absolute Gasteiger partial charge is 0.266 e. The van der Waals surface area contributed by atoms with Gasteiger partial charge in [-0.15, -0.1) is 0 Å². The monoisotopic (exact) mass is 541 g/mol. The molecule has 7 nitrogen and oxygen atoms in total. The van der Waals surface area contributed by atoms with Gasteiger partial charge >= 0.3 is 0 Å². The zero-order chi connectivity index (χ0) is 28.5. The van der Waals surface area contributed by atoms with Crippen LogP contribution in [0.25, 0.3) is 16.6 Å². The predicted molar refractivity (Wildman–Crippen MR) is 160 cm³/mol. The highest BCUT2D eigenvalue weighted by molar-refractivity contribution is 5.94. The van der Waals surface area contributed by atoms with Crippen molar-refractivity contribution < 1.29 is 14.3 Å². The molecule has 0 radical (unpaired) electrons. The quantitative estimate of drug-likeness (QED) is 0.184. The summed E-state index contributed by atoms with van der Waals surface area (Å²) in [5.74, 6) is 1.08. The first-order valence-corrected chi connectivity index (χ1v) is 14.0. The van der Waals surface area contributed by atoms with E-state index in [1.54, 1.807) is 29.8 Å². The highest BCUT2D eigenvalue weighted by Gasteiger charge is 2.27. The minimum atomic E-state index is -0.493. The highest BCUT2D eigenvalue weighted by atomic mass is 16.5. The van der Waals surface area contributed by atoms with E-state index < -0.39 is 6.04 Å². The van der Waals surface area contributed by atoms with Crippen LogP contribution in [-0.4, -0.2) is 47.7 Å². The molecule has 0 spiro atoms. The number of aromatic nitrogens is 2. The molecule has 0 aliphatic carbocycles. The maximum absolute atomic E-state index is 14.0. The van der Waals surface area contributed by atoms with Crippen LogP contribution in [0, 0.1) is 0 Å². The van der Waals surface area contributed by atoms with E-state index in [0.717, 1.165) is 12.8 Å².